The van der Waals surface area contributed by atoms with Crippen LogP contribution in [0.15, 0.2) is 23.7 Å². The van der Waals surface area contributed by atoms with Crippen LogP contribution < -0.4 is 11.1 Å². The topological polar surface area (TPSA) is 108 Å². The number of carbonyl (C=O) groups is 3. The third-order valence-corrected chi connectivity index (χ3v) is 5.91. The predicted molar refractivity (Wildman–Crippen MR) is 132 cm³/mol. The lowest BCUT2D eigenvalue weighted by Crippen LogP contribution is -2.53. The van der Waals surface area contributed by atoms with E-state index < -0.39 is 79.1 Å². The molecule has 1 aromatic carbocycles. The summed E-state index contributed by atoms with van der Waals surface area (Å²) >= 11 is 0. The maximum absolute atomic E-state index is 14.4. The molecule has 224 valence electrons. The number of alkyl halides is 3. The van der Waals surface area contributed by atoms with Crippen molar-refractivity contribution in [2.45, 2.75) is 58.4 Å². The zero-order valence-corrected chi connectivity index (χ0v) is 22.8. The molecule has 0 aliphatic carbocycles. The Morgan fingerprint density at radius 3 is 2.23 bits per heavy atom. The monoisotopic (exact) mass is 581 g/mol. The summed E-state index contributed by atoms with van der Waals surface area (Å²) in [7, 11) is 1.27. The molecule has 0 radical (unpaired) electrons. The van der Waals surface area contributed by atoms with Crippen LogP contribution in [0.3, 0.4) is 0 Å². The lowest BCUT2D eigenvalue weighted by Gasteiger charge is -2.40. The summed E-state index contributed by atoms with van der Waals surface area (Å²) in [4.78, 5) is 40.5. The van der Waals surface area contributed by atoms with E-state index >= 15 is 0 Å². The first-order valence-electron chi connectivity index (χ1n) is 12.2. The van der Waals surface area contributed by atoms with Crippen LogP contribution in [0.25, 0.3) is 0 Å². The second kappa shape index (κ2) is 12.7. The lowest BCUT2D eigenvalue weighted by molar-refractivity contribution is -0.147. The molecule has 1 fully saturated rings. The second-order valence-electron chi connectivity index (χ2n) is 10.4. The number of benzene rings is 1. The first-order valence-corrected chi connectivity index (χ1v) is 12.2. The first-order chi connectivity index (χ1) is 18.3. The minimum atomic E-state index is -4.59. The Balaban J connectivity index is 2.33. The van der Waals surface area contributed by atoms with Crippen molar-refractivity contribution in [2.75, 3.05) is 33.2 Å². The number of ether oxygens (including phenoxy) is 1. The van der Waals surface area contributed by atoms with E-state index in [1.54, 1.807) is 20.8 Å². The van der Waals surface area contributed by atoms with E-state index in [2.05, 4.69) is 5.32 Å². The third kappa shape index (κ3) is 9.52. The number of alkyl carbamates (subject to hydrolysis) is 1. The van der Waals surface area contributed by atoms with Crippen LogP contribution >= 0.6 is 0 Å². The smallest absolute Gasteiger partial charge is 0.407 e. The highest BCUT2D eigenvalue weighted by Crippen LogP contribution is 2.25. The quantitative estimate of drug-likeness (QED) is 0.378. The second-order valence-corrected chi connectivity index (χ2v) is 10.4. The molecule has 3 amide bonds. The van der Waals surface area contributed by atoms with Gasteiger partial charge in [-0.15, -0.1) is 0 Å². The molecule has 3 N–H and O–H groups in total. The fraction of sp³-hybridized carbons (Fsp3) is 0.560. The van der Waals surface area contributed by atoms with E-state index in [-0.39, 0.29) is 30.2 Å². The van der Waals surface area contributed by atoms with Gasteiger partial charge in [-0.3, -0.25) is 9.59 Å². The van der Waals surface area contributed by atoms with Gasteiger partial charge in [-0.2, -0.15) is 13.2 Å². The number of carbonyl (C=O) groups excluding carboxylic acids is 3. The molecule has 1 aliphatic heterocycles. The third-order valence-electron chi connectivity index (χ3n) is 5.91. The maximum Gasteiger partial charge on any atom is 0.407 e. The molecule has 1 aromatic rings. The van der Waals surface area contributed by atoms with Gasteiger partial charge in [0.25, 0.3) is 0 Å². The molecule has 15 heteroatoms. The van der Waals surface area contributed by atoms with Gasteiger partial charge in [0.2, 0.25) is 11.8 Å². The maximum atomic E-state index is 14.4. The van der Waals surface area contributed by atoms with Gasteiger partial charge < -0.3 is 30.5 Å². The van der Waals surface area contributed by atoms with Crippen molar-refractivity contribution in [3.8, 4) is 0 Å². The SMILES string of the molecule is CC(=O)N(C)/C(N)=C1\CN(C(=O)CC(Cc2cc(F)c(F)cc2F)NC(=O)OC(C)(C)C)CCN1CC(F)(F)F. The molecule has 1 saturated heterocycles. The number of nitrogens with zero attached hydrogens (tertiary/aromatic N) is 3. The van der Waals surface area contributed by atoms with Gasteiger partial charge >= 0.3 is 12.3 Å². The highest BCUT2D eigenvalue weighted by molar-refractivity contribution is 5.79. The Labute approximate surface area is 227 Å². The Morgan fingerprint density at radius 1 is 1.07 bits per heavy atom. The molecular weight excluding hydrogens is 548 g/mol. The summed E-state index contributed by atoms with van der Waals surface area (Å²) in [6, 6.07) is -0.226. The molecule has 1 aliphatic rings. The van der Waals surface area contributed by atoms with Crippen LogP contribution in [-0.2, 0) is 20.7 Å². The minimum Gasteiger partial charge on any atom is -0.444 e. The van der Waals surface area contributed by atoms with E-state index in [9.17, 15) is 40.7 Å². The van der Waals surface area contributed by atoms with Gasteiger partial charge in [-0.25, -0.2) is 18.0 Å². The van der Waals surface area contributed by atoms with Crippen molar-refractivity contribution >= 4 is 17.9 Å². The zero-order valence-electron chi connectivity index (χ0n) is 22.8. The van der Waals surface area contributed by atoms with Crippen molar-refractivity contribution in [2.24, 2.45) is 5.73 Å². The Bertz CT molecular complexity index is 1150. The standard InChI is InChI=1S/C25H33F6N5O4/c1-14(37)34(5)22(32)20-12-35(6-7-36(20)13-25(29,30)31)21(38)10-16(33-23(39)40-24(2,3)4)8-15-9-18(27)19(28)11-17(15)26/h9,11,16H,6-8,10,12-13,32H2,1-5H3,(H,33,39)/b22-20+. The van der Waals surface area contributed by atoms with Gasteiger partial charge in [0.05, 0.1) is 12.2 Å². The Morgan fingerprint density at radius 2 is 1.68 bits per heavy atom. The highest BCUT2D eigenvalue weighted by atomic mass is 19.4. The van der Waals surface area contributed by atoms with Crippen molar-refractivity contribution in [1.29, 1.82) is 0 Å². The van der Waals surface area contributed by atoms with Crippen molar-refractivity contribution < 1.29 is 45.5 Å². The van der Waals surface area contributed by atoms with Gasteiger partial charge in [0, 0.05) is 45.6 Å². The average Bonchev–Trinajstić information content (AvgIpc) is 2.79. The van der Waals surface area contributed by atoms with E-state index in [0.29, 0.717) is 12.1 Å². The molecular formula is C25H33F6N5O4. The molecule has 40 heavy (non-hydrogen) atoms. The van der Waals surface area contributed by atoms with Crippen LogP contribution in [0, 0.1) is 17.5 Å². The largest absolute Gasteiger partial charge is 0.444 e. The number of nitrogens with one attached hydrogen (secondary N) is 1. The fourth-order valence-electron chi connectivity index (χ4n) is 3.92. The van der Waals surface area contributed by atoms with E-state index in [0.717, 1.165) is 16.7 Å². The van der Waals surface area contributed by atoms with Crippen LogP contribution in [0.2, 0.25) is 0 Å². The predicted octanol–water partition coefficient (Wildman–Crippen LogP) is 3.24. The number of rotatable bonds is 7. The number of piperazine rings is 1. The molecule has 9 nitrogen and oxygen atoms in total. The molecule has 1 heterocycles. The Hall–Kier alpha value is -3.65. The fourth-order valence-corrected chi connectivity index (χ4v) is 3.92. The zero-order chi connectivity index (χ0) is 30.6. The molecule has 2 rings (SSSR count). The Kier molecular flexibility index (Phi) is 10.3. The van der Waals surface area contributed by atoms with Gasteiger partial charge in [-0.1, -0.05) is 0 Å². The number of nitrogens with two attached hydrogens (primary N) is 1. The molecule has 0 bridgehead atoms. The van der Waals surface area contributed by atoms with Crippen LogP contribution in [0.4, 0.5) is 31.1 Å². The van der Waals surface area contributed by atoms with Crippen LogP contribution in [0.5, 0.6) is 0 Å². The normalized spacial score (nSPS) is 16.4. The summed E-state index contributed by atoms with van der Waals surface area (Å²) in [6.07, 6.45) is -6.48. The number of halogens is 6. The van der Waals surface area contributed by atoms with E-state index in [1.807, 2.05) is 0 Å². The number of hydrogen-bond donors (Lipinski definition) is 2. The summed E-state index contributed by atoms with van der Waals surface area (Å²) in [5, 5.41) is 2.42. The molecule has 0 aromatic heterocycles. The highest BCUT2D eigenvalue weighted by Gasteiger charge is 2.37. The van der Waals surface area contributed by atoms with Crippen LogP contribution in [0.1, 0.15) is 39.7 Å². The number of hydrogen-bond acceptors (Lipinski definition) is 6. The molecule has 0 spiro atoms. The summed E-state index contributed by atoms with van der Waals surface area (Å²) in [6.45, 7) is 3.72. The van der Waals surface area contributed by atoms with Crippen molar-refractivity contribution in [1.82, 2.24) is 20.0 Å². The summed E-state index contributed by atoms with van der Waals surface area (Å²) < 4.78 is 86.3. The number of amides is 3. The average molecular weight is 582 g/mol. The van der Waals surface area contributed by atoms with E-state index in [4.69, 9.17) is 10.5 Å². The minimum absolute atomic E-state index is 0.113. The summed E-state index contributed by atoms with van der Waals surface area (Å²) in [5.74, 6) is -5.34. The van der Waals surface area contributed by atoms with E-state index in [1.165, 1.54) is 11.9 Å². The van der Waals surface area contributed by atoms with Crippen LogP contribution in [-0.4, -0.2) is 83.7 Å². The van der Waals surface area contributed by atoms with Gasteiger partial charge in [-0.05, 0) is 38.8 Å². The van der Waals surface area contributed by atoms with Gasteiger partial charge in [0.1, 0.15) is 23.8 Å². The summed E-state index contributed by atoms with van der Waals surface area (Å²) in [5.41, 5.74) is 4.63. The van der Waals surface area contributed by atoms with Crippen molar-refractivity contribution in [3.63, 3.8) is 0 Å². The molecule has 1 unspecified atom stereocenters. The lowest BCUT2D eigenvalue weighted by atomic mass is 10.0. The first kappa shape index (κ1) is 32.6. The molecule has 1 atom stereocenters. The van der Waals surface area contributed by atoms with Crippen molar-refractivity contribution in [3.05, 3.63) is 46.7 Å². The van der Waals surface area contributed by atoms with Gasteiger partial charge in [0.15, 0.2) is 11.6 Å². The molecule has 0 saturated carbocycles.